The van der Waals surface area contributed by atoms with Crippen LogP contribution in [0.5, 0.6) is 0 Å². The lowest BCUT2D eigenvalue weighted by Crippen LogP contribution is -2.06. The Balaban J connectivity index is 2.14. The summed E-state index contributed by atoms with van der Waals surface area (Å²) in [5.41, 5.74) is 6.09. The lowest BCUT2D eigenvalue weighted by molar-refractivity contribution is 0.955. The molecule has 18 heavy (non-hydrogen) atoms. The van der Waals surface area contributed by atoms with Crippen molar-refractivity contribution in [1.82, 2.24) is 4.57 Å². The van der Waals surface area contributed by atoms with Crippen LogP contribution in [0.25, 0.3) is 11.3 Å². The summed E-state index contributed by atoms with van der Waals surface area (Å²) in [4.78, 5) is 4.70. The SMILES string of the molecule is BrC1=Nc2ccccc2-n2ccc3c2C1=CCC3. The molecule has 1 aliphatic heterocycles. The molecule has 0 spiro atoms. The number of para-hydroxylation sites is 2. The first-order valence-corrected chi connectivity index (χ1v) is 6.88. The van der Waals surface area contributed by atoms with Gasteiger partial charge < -0.3 is 4.57 Å². The molecule has 1 aromatic carbocycles. The van der Waals surface area contributed by atoms with Crippen molar-refractivity contribution in [2.24, 2.45) is 4.99 Å². The monoisotopic (exact) mass is 298 g/mol. The van der Waals surface area contributed by atoms with Gasteiger partial charge in [-0.15, -0.1) is 0 Å². The molecule has 1 aliphatic carbocycles. The molecule has 0 saturated heterocycles. The number of hydrogen-bond acceptors (Lipinski definition) is 1. The summed E-state index contributed by atoms with van der Waals surface area (Å²) in [5.74, 6) is 0. The number of benzene rings is 1. The zero-order valence-electron chi connectivity index (χ0n) is 9.73. The Kier molecular flexibility index (Phi) is 2.12. The van der Waals surface area contributed by atoms with Gasteiger partial charge in [0.15, 0.2) is 0 Å². The minimum atomic E-state index is 0.938. The van der Waals surface area contributed by atoms with Gasteiger partial charge in [-0.3, -0.25) is 0 Å². The molecule has 0 bridgehead atoms. The number of fused-ring (bicyclic) bond motifs is 2. The van der Waals surface area contributed by atoms with E-state index in [1.54, 1.807) is 0 Å². The fourth-order valence-electron chi connectivity index (χ4n) is 2.76. The van der Waals surface area contributed by atoms with Gasteiger partial charge in [0.1, 0.15) is 4.62 Å². The summed E-state index contributed by atoms with van der Waals surface area (Å²) >= 11 is 3.63. The highest BCUT2D eigenvalue weighted by atomic mass is 79.9. The number of aryl methyl sites for hydroxylation is 1. The van der Waals surface area contributed by atoms with Crippen molar-refractivity contribution < 1.29 is 0 Å². The molecule has 2 aromatic rings. The molecular weight excluding hydrogens is 288 g/mol. The molecule has 2 nitrogen and oxygen atoms in total. The summed E-state index contributed by atoms with van der Waals surface area (Å²) in [5, 5.41) is 0. The van der Waals surface area contributed by atoms with Gasteiger partial charge in [-0.2, -0.15) is 0 Å². The van der Waals surface area contributed by atoms with Gasteiger partial charge in [0.25, 0.3) is 0 Å². The van der Waals surface area contributed by atoms with E-state index in [2.05, 4.69) is 57.0 Å². The van der Waals surface area contributed by atoms with Gasteiger partial charge in [0, 0.05) is 11.8 Å². The minimum Gasteiger partial charge on any atom is -0.314 e. The Morgan fingerprint density at radius 3 is 3.00 bits per heavy atom. The second-order valence-electron chi connectivity index (χ2n) is 4.61. The maximum Gasteiger partial charge on any atom is 0.115 e. The molecule has 3 heteroatoms. The summed E-state index contributed by atoms with van der Waals surface area (Å²) in [7, 11) is 0. The first-order chi connectivity index (χ1) is 8.84. The lowest BCUT2D eigenvalue weighted by atomic mass is 9.98. The highest BCUT2D eigenvalue weighted by Crippen LogP contribution is 2.38. The van der Waals surface area contributed by atoms with Gasteiger partial charge >= 0.3 is 0 Å². The lowest BCUT2D eigenvalue weighted by Gasteiger charge is -2.15. The van der Waals surface area contributed by atoms with Crippen LogP contribution in [0.3, 0.4) is 0 Å². The average molecular weight is 299 g/mol. The summed E-state index contributed by atoms with van der Waals surface area (Å²) < 4.78 is 3.20. The first kappa shape index (κ1) is 10.3. The number of nitrogens with zero attached hydrogens (tertiary/aromatic N) is 2. The fourth-order valence-corrected chi connectivity index (χ4v) is 3.30. The highest BCUT2D eigenvalue weighted by Gasteiger charge is 2.24. The van der Waals surface area contributed by atoms with E-state index >= 15 is 0 Å². The van der Waals surface area contributed by atoms with Crippen molar-refractivity contribution >= 4 is 31.8 Å². The van der Waals surface area contributed by atoms with E-state index in [9.17, 15) is 0 Å². The largest absolute Gasteiger partial charge is 0.314 e. The third-order valence-corrected chi connectivity index (χ3v) is 4.17. The fraction of sp³-hybridized carbons (Fsp3) is 0.133. The van der Waals surface area contributed by atoms with Gasteiger partial charge in [0.2, 0.25) is 0 Å². The van der Waals surface area contributed by atoms with Crippen LogP contribution in [-0.2, 0) is 6.42 Å². The number of aromatic nitrogens is 1. The van der Waals surface area contributed by atoms with Crippen LogP contribution in [0.4, 0.5) is 5.69 Å². The van der Waals surface area contributed by atoms with Crippen LogP contribution in [0.15, 0.2) is 47.6 Å². The van der Waals surface area contributed by atoms with E-state index in [1.807, 2.05) is 6.07 Å². The third-order valence-electron chi connectivity index (χ3n) is 3.57. The quantitative estimate of drug-likeness (QED) is 0.692. The number of hydrogen-bond donors (Lipinski definition) is 0. The predicted octanol–water partition coefficient (Wildman–Crippen LogP) is 4.25. The van der Waals surface area contributed by atoms with E-state index < -0.39 is 0 Å². The Morgan fingerprint density at radius 2 is 2.06 bits per heavy atom. The summed E-state index contributed by atoms with van der Waals surface area (Å²) in [6.07, 6.45) is 6.64. The Bertz CT molecular complexity index is 707. The van der Waals surface area contributed by atoms with Crippen molar-refractivity contribution in [2.45, 2.75) is 12.8 Å². The summed E-state index contributed by atoms with van der Waals surface area (Å²) in [6, 6.07) is 10.5. The normalized spacial score (nSPS) is 16.3. The van der Waals surface area contributed by atoms with Crippen molar-refractivity contribution in [3.63, 3.8) is 0 Å². The standard InChI is InChI=1S/C15H11BrN2/c16-15-11-5-3-4-10-8-9-18(14(10)11)13-7-2-1-6-12(13)17-15/h1-2,5-9H,3-4H2. The maximum absolute atomic E-state index is 4.70. The number of aliphatic imine (C=N–C) groups is 1. The molecule has 0 saturated carbocycles. The molecule has 4 rings (SSSR count). The number of allylic oxidation sites excluding steroid dienone is 2. The Morgan fingerprint density at radius 1 is 1.17 bits per heavy atom. The van der Waals surface area contributed by atoms with E-state index in [4.69, 9.17) is 4.99 Å². The molecule has 0 N–H and O–H groups in total. The van der Waals surface area contributed by atoms with Gasteiger partial charge in [0.05, 0.1) is 17.1 Å². The molecule has 1 aromatic heterocycles. The number of rotatable bonds is 0. The van der Waals surface area contributed by atoms with Crippen LogP contribution in [0.1, 0.15) is 17.7 Å². The van der Waals surface area contributed by atoms with Crippen LogP contribution >= 0.6 is 15.9 Å². The minimum absolute atomic E-state index is 0.938. The van der Waals surface area contributed by atoms with Crippen LogP contribution in [-0.4, -0.2) is 9.19 Å². The molecular formula is C15H11BrN2. The van der Waals surface area contributed by atoms with E-state index in [0.29, 0.717) is 0 Å². The zero-order valence-corrected chi connectivity index (χ0v) is 11.3. The van der Waals surface area contributed by atoms with Crippen molar-refractivity contribution in [2.75, 3.05) is 0 Å². The average Bonchev–Trinajstić information content (AvgIpc) is 2.77. The zero-order chi connectivity index (χ0) is 12.1. The molecule has 88 valence electrons. The molecule has 0 fully saturated rings. The van der Waals surface area contributed by atoms with Crippen LogP contribution in [0, 0.1) is 0 Å². The molecule has 0 atom stereocenters. The van der Waals surface area contributed by atoms with E-state index in [0.717, 1.165) is 28.8 Å². The van der Waals surface area contributed by atoms with Crippen molar-refractivity contribution in [3.8, 4) is 5.69 Å². The second-order valence-corrected chi connectivity index (χ2v) is 5.36. The number of halogens is 1. The van der Waals surface area contributed by atoms with Crippen molar-refractivity contribution in [1.29, 1.82) is 0 Å². The van der Waals surface area contributed by atoms with Crippen LogP contribution in [0.2, 0.25) is 0 Å². The Hall–Kier alpha value is -1.61. The topological polar surface area (TPSA) is 17.3 Å². The maximum atomic E-state index is 4.70. The smallest absolute Gasteiger partial charge is 0.115 e. The third kappa shape index (κ3) is 1.31. The molecule has 0 amide bonds. The highest BCUT2D eigenvalue weighted by molar-refractivity contribution is 9.18. The molecule has 0 radical (unpaired) electrons. The Labute approximate surface area is 114 Å². The molecule has 0 unspecified atom stereocenters. The van der Waals surface area contributed by atoms with Gasteiger partial charge in [-0.1, -0.05) is 18.2 Å². The molecule has 2 heterocycles. The van der Waals surface area contributed by atoms with Gasteiger partial charge in [-0.05, 0) is 52.5 Å². The van der Waals surface area contributed by atoms with Crippen molar-refractivity contribution in [3.05, 3.63) is 53.9 Å². The van der Waals surface area contributed by atoms with E-state index in [-0.39, 0.29) is 0 Å². The van der Waals surface area contributed by atoms with E-state index in [1.165, 1.54) is 16.8 Å². The second kappa shape index (κ2) is 3.69. The van der Waals surface area contributed by atoms with Crippen LogP contribution < -0.4 is 0 Å². The first-order valence-electron chi connectivity index (χ1n) is 6.09. The predicted molar refractivity (Wildman–Crippen MR) is 78.1 cm³/mol. The molecule has 2 aliphatic rings. The van der Waals surface area contributed by atoms with Gasteiger partial charge in [-0.25, -0.2) is 4.99 Å². The summed E-state index contributed by atoms with van der Waals surface area (Å²) in [6.45, 7) is 0.